The summed E-state index contributed by atoms with van der Waals surface area (Å²) in [6.07, 6.45) is 1.67. The van der Waals surface area contributed by atoms with Gasteiger partial charge in [-0.1, -0.05) is 18.2 Å². The molecule has 110 valence electrons. The summed E-state index contributed by atoms with van der Waals surface area (Å²) in [7, 11) is 3.95. The zero-order valence-corrected chi connectivity index (χ0v) is 12.3. The third-order valence-corrected chi connectivity index (χ3v) is 3.48. The molecule has 0 unspecified atom stereocenters. The van der Waals surface area contributed by atoms with Gasteiger partial charge in [0, 0.05) is 25.3 Å². The predicted molar refractivity (Wildman–Crippen MR) is 86.3 cm³/mol. The van der Waals surface area contributed by atoms with Gasteiger partial charge in [0.1, 0.15) is 5.52 Å². The summed E-state index contributed by atoms with van der Waals surface area (Å²) >= 11 is 0. The van der Waals surface area contributed by atoms with Gasteiger partial charge in [-0.3, -0.25) is 4.98 Å². The normalized spacial score (nSPS) is 10.6. The number of carboxylic acids is 1. The van der Waals surface area contributed by atoms with Crippen LogP contribution in [0.1, 0.15) is 10.4 Å². The Morgan fingerprint density at radius 3 is 2.45 bits per heavy atom. The molecule has 0 bridgehead atoms. The first-order valence-corrected chi connectivity index (χ1v) is 6.83. The number of aromatic carboxylic acids is 1. The molecule has 0 aliphatic carbocycles. The minimum absolute atomic E-state index is 0.164. The van der Waals surface area contributed by atoms with Crippen molar-refractivity contribution in [2.24, 2.45) is 0 Å². The summed E-state index contributed by atoms with van der Waals surface area (Å²) in [5, 5.41) is 9.27. The van der Waals surface area contributed by atoms with Gasteiger partial charge in [0.05, 0.1) is 23.0 Å². The molecule has 1 N–H and O–H groups in total. The summed E-state index contributed by atoms with van der Waals surface area (Å²) in [6, 6.07) is 12.9. The fourth-order valence-electron chi connectivity index (χ4n) is 2.28. The molecule has 3 rings (SSSR count). The lowest BCUT2D eigenvalue weighted by Gasteiger charge is -2.12. The van der Waals surface area contributed by atoms with E-state index < -0.39 is 5.97 Å². The molecule has 0 atom stereocenters. The fourth-order valence-corrected chi connectivity index (χ4v) is 2.28. The lowest BCUT2D eigenvalue weighted by atomic mass is 10.1. The van der Waals surface area contributed by atoms with Crippen molar-refractivity contribution in [2.45, 2.75) is 0 Å². The Bertz CT molecular complexity index is 842. The number of rotatable bonds is 3. The molecule has 0 fully saturated rings. The number of carboxylic acid groups (broad SMARTS) is 1. The van der Waals surface area contributed by atoms with E-state index >= 15 is 0 Å². The van der Waals surface area contributed by atoms with E-state index in [0.29, 0.717) is 16.7 Å². The number of nitrogens with zero attached hydrogens (tertiary/aromatic N) is 3. The van der Waals surface area contributed by atoms with E-state index in [1.54, 1.807) is 18.3 Å². The molecule has 3 aromatic rings. The lowest BCUT2D eigenvalue weighted by Crippen LogP contribution is -2.08. The van der Waals surface area contributed by atoms with E-state index in [4.69, 9.17) is 0 Å². The van der Waals surface area contributed by atoms with Crippen molar-refractivity contribution in [3.63, 3.8) is 0 Å². The molecule has 5 nitrogen and oxygen atoms in total. The second-order valence-corrected chi connectivity index (χ2v) is 5.18. The number of aromatic nitrogens is 2. The number of benzene rings is 2. The summed E-state index contributed by atoms with van der Waals surface area (Å²) in [5.74, 6) is -1.000. The van der Waals surface area contributed by atoms with Crippen LogP contribution >= 0.6 is 0 Å². The molecule has 2 aromatic carbocycles. The Balaban J connectivity index is 2.11. The highest BCUT2D eigenvalue weighted by Crippen LogP contribution is 2.23. The molecule has 0 aliphatic rings. The zero-order chi connectivity index (χ0) is 15.7. The van der Waals surface area contributed by atoms with Crippen molar-refractivity contribution >= 4 is 22.7 Å². The van der Waals surface area contributed by atoms with E-state index in [9.17, 15) is 9.90 Å². The van der Waals surface area contributed by atoms with Crippen molar-refractivity contribution in [2.75, 3.05) is 19.0 Å². The van der Waals surface area contributed by atoms with Gasteiger partial charge in [-0.15, -0.1) is 0 Å². The molecular formula is C17H15N3O2. The smallest absolute Gasteiger partial charge is 0.337 e. The zero-order valence-electron chi connectivity index (χ0n) is 12.3. The van der Waals surface area contributed by atoms with Crippen LogP contribution in [0.4, 0.5) is 5.69 Å². The van der Waals surface area contributed by atoms with Gasteiger partial charge < -0.3 is 10.0 Å². The average molecular weight is 293 g/mol. The molecule has 0 amide bonds. The Morgan fingerprint density at radius 1 is 1.09 bits per heavy atom. The summed E-state index contributed by atoms with van der Waals surface area (Å²) in [5.41, 5.74) is 3.80. The number of anilines is 1. The standard InChI is InChI=1S/C17H15N3O2/c1-20(2)12-8-6-11(7-9-12)15-10-18-14-5-3-4-13(17(21)22)16(14)19-15/h3-10H,1-2H3,(H,21,22). The molecular weight excluding hydrogens is 278 g/mol. The number of hydrogen-bond acceptors (Lipinski definition) is 4. The third-order valence-electron chi connectivity index (χ3n) is 3.48. The lowest BCUT2D eigenvalue weighted by molar-refractivity contribution is 0.0699. The van der Waals surface area contributed by atoms with Crippen LogP contribution in [0.15, 0.2) is 48.7 Å². The Morgan fingerprint density at radius 2 is 1.82 bits per heavy atom. The molecule has 0 saturated heterocycles. The topological polar surface area (TPSA) is 66.3 Å². The monoisotopic (exact) mass is 293 g/mol. The summed E-state index contributed by atoms with van der Waals surface area (Å²) in [4.78, 5) is 22.1. The predicted octanol–water partition coefficient (Wildman–Crippen LogP) is 3.06. The van der Waals surface area contributed by atoms with Crippen LogP contribution in [0.25, 0.3) is 22.3 Å². The highest BCUT2D eigenvalue weighted by molar-refractivity contribution is 6.01. The first kappa shape index (κ1) is 14.0. The van der Waals surface area contributed by atoms with Crippen LogP contribution in [0.5, 0.6) is 0 Å². The van der Waals surface area contributed by atoms with E-state index in [2.05, 4.69) is 9.97 Å². The largest absolute Gasteiger partial charge is 0.478 e. The average Bonchev–Trinajstić information content (AvgIpc) is 2.53. The highest BCUT2D eigenvalue weighted by atomic mass is 16.4. The van der Waals surface area contributed by atoms with Gasteiger partial charge in [0.15, 0.2) is 0 Å². The fraction of sp³-hybridized carbons (Fsp3) is 0.118. The Hall–Kier alpha value is -2.95. The maximum absolute atomic E-state index is 11.3. The van der Waals surface area contributed by atoms with Crippen LogP contribution in [-0.4, -0.2) is 35.1 Å². The number of hydrogen-bond donors (Lipinski definition) is 1. The maximum atomic E-state index is 11.3. The van der Waals surface area contributed by atoms with Crippen LogP contribution in [-0.2, 0) is 0 Å². The van der Waals surface area contributed by atoms with Gasteiger partial charge in [-0.05, 0) is 24.3 Å². The van der Waals surface area contributed by atoms with Gasteiger partial charge in [0.2, 0.25) is 0 Å². The molecule has 0 saturated carbocycles. The molecule has 0 radical (unpaired) electrons. The SMILES string of the molecule is CN(C)c1ccc(-c2cnc3cccc(C(=O)O)c3n2)cc1. The number of para-hydroxylation sites is 1. The molecule has 1 heterocycles. The first-order chi connectivity index (χ1) is 10.6. The number of carbonyl (C=O) groups is 1. The van der Waals surface area contributed by atoms with Crippen molar-refractivity contribution in [3.05, 3.63) is 54.2 Å². The molecule has 22 heavy (non-hydrogen) atoms. The summed E-state index contributed by atoms with van der Waals surface area (Å²) in [6.45, 7) is 0. The van der Waals surface area contributed by atoms with Gasteiger partial charge >= 0.3 is 5.97 Å². The molecule has 0 aliphatic heterocycles. The van der Waals surface area contributed by atoms with Crippen molar-refractivity contribution in [3.8, 4) is 11.3 Å². The third kappa shape index (κ3) is 2.48. The second-order valence-electron chi connectivity index (χ2n) is 5.18. The van der Waals surface area contributed by atoms with Crippen LogP contribution < -0.4 is 4.90 Å². The Kier molecular flexibility index (Phi) is 3.47. The van der Waals surface area contributed by atoms with Crippen molar-refractivity contribution in [1.82, 2.24) is 9.97 Å². The summed E-state index contributed by atoms with van der Waals surface area (Å²) < 4.78 is 0. The van der Waals surface area contributed by atoms with Gasteiger partial charge in [-0.2, -0.15) is 0 Å². The minimum Gasteiger partial charge on any atom is -0.478 e. The minimum atomic E-state index is -1.000. The van der Waals surface area contributed by atoms with E-state index in [0.717, 1.165) is 11.3 Å². The molecule has 5 heteroatoms. The van der Waals surface area contributed by atoms with Crippen LogP contribution in [0.2, 0.25) is 0 Å². The van der Waals surface area contributed by atoms with E-state index in [-0.39, 0.29) is 5.56 Å². The number of fused-ring (bicyclic) bond motifs is 1. The van der Waals surface area contributed by atoms with Crippen molar-refractivity contribution in [1.29, 1.82) is 0 Å². The van der Waals surface area contributed by atoms with E-state index in [1.807, 2.05) is 43.3 Å². The quantitative estimate of drug-likeness (QED) is 0.804. The highest BCUT2D eigenvalue weighted by Gasteiger charge is 2.11. The van der Waals surface area contributed by atoms with Gasteiger partial charge in [0.25, 0.3) is 0 Å². The van der Waals surface area contributed by atoms with Crippen LogP contribution in [0.3, 0.4) is 0 Å². The van der Waals surface area contributed by atoms with Gasteiger partial charge in [-0.25, -0.2) is 9.78 Å². The van der Waals surface area contributed by atoms with E-state index in [1.165, 1.54) is 6.07 Å². The maximum Gasteiger partial charge on any atom is 0.337 e. The Labute approximate surface area is 127 Å². The van der Waals surface area contributed by atoms with Crippen LogP contribution in [0, 0.1) is 0 Å². The molecule has 0 spiro atoms. The van der Waals surface area contributed by atoms with Crippen molar-refractivity contribution < 1.29 is 9.90 Å². The second kappa shape index (κ2) is 5.44. The molecule has 1 aromatic heterocycles. The first-order valence-electron chi connectivity index (χ1n) is 6.83.